The number of aromatic nitrogens is 2. The maximum atomic E-state index is 14.4. The number of rotatable bonds is 9. The van der Waals surface area contributed by atoms with E-state index < -0.39 is 11.3 Å². The first-order valence-electron chi connectivity index (χ1n) is 13.6. The van der Waals surface area contributed by atoms with Gasteiger partial charge in [-0.15, -0.1) is 0 Å². The predicted molar refractivity (Wildman–Crippen MR) is 153 cm³/mol. The van der Waals surface area contributed by atoms with Gasteiger partial charge in [0, 0.05) is 52.1 Å². The van der Waals surface area contributed by atoms with Crippen molar-refractivity contribution in [1.82, 2.24) is 15.3 Å². The molecule has 2 amide bonds. The summed E-state index contributed by atoms with van der Waals surface area (Å²) in [4.78, 5) is 35.1. The van der Waals surface area contributed by atoms with Crippen LogP contribution in [0.2, 0.25) is 0 Å². The number of carbonyl (C=O) groups excluding carboxylic acids is 2. The molecule has 7 nitrogen and oxygen atoms in total. The normalized spacial score (nSPS) is 16.4. The zero-order valence-electron chi connectivity index (χ0n) is 22.6. The average molecular weight is 525 g/mol. The Kier molecular flexibility index (Phi) is 7.42. The summed E-state index contributed by atoms with van der Waals surface area (Å²) in [6.45, 7) is 2.34. The third kappa shape index (κ3) is 5.01. The molecule has 4 aromatic rings. The number of nitrogens with two attached hydrogens (primary N) is 1. The van der Waals surface area contributed by atoms with Crippen molar-refractivity contribution in [3.8, 4) is 5.75 Å². The van der Waals surface area contributed by atoms with Crippen LogP contribution in [0.3, 0.4) is 0 Å². The highest BCUT2D eigenvalue weighted by atomic mass is 16.5. The van der Waals surface area contributed by atoms with Crippen LogP contribution in [0.15, 0.2) is 73.1 Å². The molecule has 0 unspecified atom stereocenters. The number of aromatic amines is 1. The first kappa shape index (κ1) is 26.5. The Balaban J connectivity index is 1.57. The van der Waals surface area contributed by atoms with Gasteiger partial charge in [0.05, 0.1) is 12.5 Å². The molecule has 39 heavy (non-hydrogen) atoms. The van der Waals surface area contributed by atoms with Gasteiger partial charge in [0.15, 0.2) is 0 Å². The van der Waals surface area contributed by atoms with Crippen LogP contribution in [-0.4, -0.2) is 35.4 Å². The fraction of sp³-hybridized carbons (Fsp3) is 0.344. The van der Waals surface area contributed by atoms with Gasteiger partial charge in [-0.05, 0) is 62.1 Å². The van der Waals surface area contributed by atoms with E-state index in [-0.39, 0.29) is 16.9 Å². The summed E-state index contributed by atoms with van der Waals surface area (Å²) < 4.78 is 5.72. The number of carbonyl (C=O) groups is 2. The molecule has 1 saturated carbocycles. The number of para-hydroxylation sites is 1. The highest BCUT2D eigenvalue weighted by molar-refractivity contribution is 6.00. The average Bonchev–Trinajstić information content (AvgIpc) is 3.38. The van der Waals surface area contributed by atoms with Gasteiger partial charge in [-0.3, -0.25) is 14.6 Å². The van der Waals surface area contributed by atoms with E-state index in [1.807, 2.05) is 55.7 Å². The number of methoxy groups -OCH3 is 1. The van der Waals surface area contributed by atoms with Crippen LogP contribution in [0.4, 0.5) is 0 Å². The topological polar surface area (TPSA) is 110 Å². The third-order valence-electron chi connectivity index (χ3n) is 8.39. The molecule has 5 rings (SSSR count). The standard InChI is InChI=1S/C32H36N4O3/c1-31(19-22-20-35-25-13-5-4-11-23(22)25,28-24(29(33)37)12-10-14-26(28)39-2)30(38)36-21-32(16-7-3-8-17-32)27-15-6-9-18-34-27/h4-6,9-15,18,20,35H,3,7-8,16-17,19,21H2,1-2H3,(H2,33,37)(H,36,38)/t31-/m0/s1. The monoisotopic (exact) mass is 524 g/mol. The van der Waals surface area contributed by atoms with E-state index in [2.05, 4.69) is 16.4 Å². The van der Waals surface area contributed by atoms with Crippen LogP contribution in [0.25, 0.3) is 10.9 Å². The third-order valence-corrected chi connectivity index (χ3v) is 8.39. The van der Waals surface area contributed by atoms with Gasteiger partial charge in [-0.2, -0.15) is 0 Å². The molecule has 0 spiro atoms. The van der Waals surface area contributed by atoms with E-state index in [1.54, 1.807) is 25.3 Å². The Bertz CT molecular complexity index is 1470. The lowest BCUT2D eigenvalue weighted by Crippen LogP contribution is -2.50. The number of nitrogens with one attached hydrogen (secondary N) is 2. The molecule has 2 aromatic heterocycles. The van der Waals surface area contributed by atoms with Crippen LogP contribution in [0, 0.1) is 0 Å². The highest BCUT2D eigenvalue weighted by Crippen LogP contribution is 2.41. The molecule has 1 aliphatic carbocycles. The van der Waals surface area contributed by atoms with Crippen LogP contribution in [0.1, 0.15) is 66.2 Å². The van der Waals surface area contributed by atoms with Crippen molar-refractivity contribution in [3.63, 3.8) is 0 Å². The van der Waals surface area contributed by atoms with Crippen molar-refractivity contribution in [2.45, 2.75) is 56.3 Å². The summed E-state index contributed by atoms with van der Waals surface area (Å²) in [5.41, 5.74) is 8.22. The molecule has 0 aliphatic heterocycles. The van der Waals surface area contributed by atoms with Gasteiger partial charge in [0.2, 0.25) is 11.8 Å². The minimum Gasteiger partial charge on any atom is -0.496 e. The number of benzene rings is 2. The predicted octanol–water partition coefficient (Wildman–Crippen LogP) is 5.19. The fourth-order valence-electron chi connectivity index (χ4n) is 6.29. The number of fused-ring (bicyclic) bond motifs is 1. The lowest BCUT2D eigenvalue weighted by molar-refractivity contribution is -0.126. The Morgan fingerprint density at radius 1 is 1.05 bits per heavy atom. The van der Waals surface area contributed by atoms with E-state index in [1.165, 1.54) is 6.42 Å². The van der Waals surface area contributed by atoms with Crippen molar-refractivity contribution < 1.29 is 14.3 Å². The Morgan fingerprint density at radius 2 is 1.82 bits per heavy atom. The molecule has 202 valence electrons. The van der Waals surface area contributed by atoms with Gasteiger partial charge >= 0.3 is 0 Å². The molecule has 2 aromatic carbocycles. The second-order valence-corrected chi connectivity index (χ2v) is 10.9. The lowest BCUT2D eigenvalue weighted by atomic mass is 9.70. The smallest absolute Gasteiger partial charge is 0.249 e. The Hall–Kier alpha value is -4.13. The van der Waals surface area contributed by atoms with Crippen molar-refractivity contribution in [2.75, 3.05) is 13.7 Å². The van der Waals surface area contributed by atoms with Crippen molar-refractivity contribution in [2.24, 2.45) is 5.73 Å². The molecule has 1 fully saturated rings. The van der Waals surface area contributed by atoms with Crippen molar-refractivity contribution >= 4 is 22.7 Å². The molecular weight excluding hydrogens is 488 g/mol. The van der Waals surface area contributed by atoms with Gasteiger partial charge in [0.1, 0.15) is 5.75 Å². The molecular formula is C32H36N4O3. The van der Waals surface area contributed by atoms with E-state index in [9.17, 15) is 9.59 Å². The number of hydrogen-bond acceptors (Lipinski definition) is 4. The van der Waals surface area contributed by atoms with E-state index in [4.69, 9.17) is 15.5 Å². The molecule has 4 N–H and O–H groups in total. The van der Waals surface area contributed by atoms with Crippen molar-refractivity contribution in [1.29, 1.82) is 0 Å². The molecule has 0 bridgehead atoms. The van der Waals surface area contributed by atoms with Gasteiger partial charge < -0.3 is 20.8 Å². The second kappa shape index (κ2) is 10.9. The Morgan fingerprint density at radius 3 is 2.54 bits per heavy atom. The number of nitrogens with zero attached hydrogens (tertiary/aromatic N) is 1. The quantitative estimate of drug-likeness (QED) is 0.280. The number of H-pyrrole nitrogens is 1. The first-order valence-corrected chi connectivity index (χ1v) is 13.6. The SMILES string of the molecule is COc1cccc(C(N)=O)c1[C@](C)(Cc1c[nH]c2ccccc12)C(=O)NCC1(c2ccccn2)CCCCC1. The van der Waals surface area contributed by atoms with Gasteiger partial charge in [-0.1, -0.05) is 49.6 Å². The van der Waals surface area contributed by atoms with Crippen LogP contribution >= 0.6 is 0 Å². The number of amides is 2. The molecule has 2 heterocycles. The Labute approximate surface area is 229 Å². The van der Waals surface area contributed by atoms with Crippen LogP contribution in [0.5, 0.6) is 5.75 Å². The van der Waals surface area contributed by atoms with Gasteiger partial charge in [-0.25, -0.2) is 0 Å². The molecule has 0 radical (unpaired) electrons. The minimum absolute atomic E-state index is 0.180. The summed E-state index contributed by atoms with van der Waals surface area (Å²) in [6, 6.07) is 19.2. The fourth-order valence-corrected chi connectivity index (χ4v) is 6.29. The number of ether oxygens (including phenoxy) is 1. The van der Waals surface area contributed by atoms with E-state index in [0.29, 0.717) is 24.3 Å². The molecule has 0 saturated heterocycles. The summed E-state index contributed by atoms with van der Waals surface area (Å²) in [5.74, 6) is -0.319. The van der Waals surface area contributed by atoms with Gasteiger partial charge in [0.25, 0.3) is 0 Å². The lowest BCUT2D eigenvalue weighted by Gasteiger charge is -2.39. The molecule has 7 heteroatoms. The maximum Gasteiger partial charge on any atom is 0.249 e. The summed E-state index contributed by atoms with van der Waals surface area (Å²) in [7, 11) is 1.55. The number of hydrogen-bond donors (Lipinski definition) is 3. The van der Waals surface area contributed by atoms with E-state index >= 15 is 0 Å². The minimum atomic E-state index is -1.15. The maximum absolute atomic E-state index is 14.4. The largest absolute Gasteiger partial charge is 0.496 e. The van der Waals surface area contributed by atoms with Crippen LogP contribution in [-0.2, 0) is 22.0 Å². The zero-order valence-corrected chi connectivity index (χ0v) is 22.6. The summed E-state index contributed by atoms with van der Waals surface area (Å²) in [6.07, 6.45) is 9.41. The zero-order chi connectivity index (χ0) is 27.5. The summed E-state index contributed by atoms with van der Waals surface area (Å²) in [5, 5.41) is 4.34. The number of pyridine rings is 1. The summed E-state index contributed by atoms with van der Waals surface area (Å²) >= 11 is 0. The first-order chi connectivity index (χ1) is 18.9. The molecule has 1 atom stereocenters. The molecule has 1 aliphatic rings. The number of primary amides is 1. The van der Waals surface area contributed by atoms with E-state index in [0.717, 1.165) is 47.8 Å². The highest BCUT2D eigenvalue weighted by Gasteiger charge is 2.43. The second-order valence-electron chi connectivity index (χ2n) is 10.9. The van der Waals surface area contributed by atoms with Crippen LogP contribution < -0.4 is 15.8 Å². The van der Waals surface area contributed by atoms with Crippen molar-refractivity contribution in [3.05, 3.63) is 95.4 Å².